The molecule has 98 valence electrons. The molecule has 18 heavy (non-hydrogen) atoms. The lowest BCUT2D eigenvalue weighted by Crippen LogP contribution is -2.09. The number of nitrogens with one attached hydrogen (secondary N) is 1. The number of nitrogens with zero attached hydrogens (tertiary/aromatic N) is 1. The van der Waals surface area contributed by atoms with Gasteiger partial charge in [0, 0.05) is 17.0 Å². The molecule has 0 radical (unpaired) electrons. The van der Waals surface area contributed by atoms with Gasteiger partial charge in [-0.1, -0.05) is 15.9 Å². The predicted molar refractivity (Wildman–Crippen MR) is 72.1 cm³/mol. The highest BCUT2D eigenvalue weighted by Crippen LogP contribution is 2.30. The van der Waals surface area contributed by atoms with E-state index in [9.17, 15) is 10.1 Å². The third-order valence-corrected chi connectivity index (χ3v) is 2.71. The first kappa shape index (κ1) is 14.4. The number of hydrogen-bond donors (Lipinski definition) is 2. The molecule has 0 fully saturated rings. The largest absolute Gasteiger partial charge is 0.487 e. The van der Waals surface area contributed by atoms with E-state index in [2.05, 4.69) is 15.9 Å². The SMILES string of the molecule is N=C(N)CCCCOc1ccc(Br)cc1[N+](=O)[O-]. The maximum Gasteiger partial charge on any atom is 0.312 e. The van der Waals surface area contributed by atoms with Gasteiger partial charge in [-0.05, 0) is 25.0 Å². The molecule has 0 aliphatic heterocycles. The minimum absolute atomic E-state index is 0.0593. The molecule has 0 aliphatic carbocycles. The molecule has 1 aromatic rings. The van der Waals surface area contributed by atoms with Crippen LogP contribution in [0.15, 0.2) is 22.7 Å². The molecule has 0 atom stereocenters. The lowest BCUT2D eigenvalue weighted by atomic mass is 10.2. The van der Waals surface area contributed by atoms with Crippen LogP contribution in [0.2, 0.25) is 0 Å². The van der Waals surface area contributed by atoms with E-state index in [1.54, 1.807) is 12.1 Å². The molecule has 1 aromatic carbocycles. The number of benzene rings is 1. The molecule has 1 rings (SSSR count). The fraction of sp³-hybridized carbons (Fsp3) is 0.364. The highest BCUT2D eigenvalue weighted by Gasteiger charge is 2.15. The minimum Gasteiger partial charge on any atom is -0.487 e. The van der Waals surface area contributed by atoms with Gasteiger partial charge in [-0.2, -0.15) is 0 Å². The Morgan fingerprint density at radius 3 is 2.83 bits per heavy atom. The van der Waals surface area contributed by atoms with Crippen molar-refractivity contribution in [2.45, 2.75) is 19.3 Å². The molecule has 7 heteroatoms. The molecular formula is C11H14BrN3O3. The first-order valence-corrected chi connectivity index (χ1v) is 6.19. The van der Waals surface area contributed by atoms with E-state index in [1.165, 1.54) is 6.07 Å². The van der Waals surface area contributed by atoms with Crippen LogP contribution in [0.4, 0.5) is 5.69 Å². The van der Waals surface area contributed by atoms with Crippen LogP contribution in [0.1, 0.15) is 19.3 Å². The van der Waals surface area contributed by atoms with Crippen molar-refractivity contribution in [2.24, 2.45) is 5.73 Å². The van der Waals surface area contributed by atoms with Gasteiger partial charge in [0.1, 0.15) is 0 Å². The molecule has 0 bridgehead atoms. The van der Waals surface area contributed by atoms with Gasteiger partial charge in [-0.25, -0.2) is 0 Å². The summed E-state index contributed by atoms with van der Waals surface area (Å²) in [6.45, 7) is 0.371. The number of nitrogens with two attached hydrogens (primary N) is 1. The summed E-state index contributed by atoms with van der Waals surface area (Å²) in [7, 11) is 0. The van der Waals surface area contributed by atoms with Crippen molar-refractivity contribution in [1.29, 1.82) is 5.41 Å². The zero-order valence-corrected chi connectivity index (χ0v) is 11.3. The molecule has 6 nitrogen and oxygen atoms in total. The third kappa shape index (κ3) is 4.70. The molecule has 0 heterocycles. The molecule has 0 amide bonds. The summed E-state index contributed by atoms with van der Waals surface area (Å²) in [6.07, 6.45) is 1.96. The van der Waals surface area contributed by atoms with Gasteiger partial charge in [0.05, 0.1) is 17.4 Å². The summed E-state index contributed by atoms with van der Waals surface area (Å²) in [5.74, 6) is 0.399. The van der Waals surface area contributed by atoms with Gasteiger partial charge < -0.3 is 10.5 Å². The van der Waals surface area contributed by atoms with Crippen molar-refractivity contribution in [3.8, 4) is 5.75 Å². The van der Waals surface area contributed by atoms with Crippen LogP contribution in [-0.4, -0.2) is 17.4 Å². The standard InChI is InChI=1S/C11H14BrN3O3/c12-8-4-5-10(9(7-8)15(16)17)18-6-2-1-3-11(13)14/h4-5,7H,1-3,6H2,(H3,13,14). The average Bonchev–Trinajstić information content (AvgIpc) is 2.29. The topological polar surface area (TPSA) is 102 Å². The van der Waals surface area contributed by atoms with Crippen LogP contribution in [0.3, 0.4) is 0 Å². The maximum atomic E-state index is 10.8. The Morgan fingerprint density at radius 2 is 2.22 bits per heavy atom. The van der Waals surface area contributed by atoms with Crippen LogP contribution in [-0.2, 0) is 0 Å². The number of nitro benzene ring substituents is 1. The fourth-order valence-corrected chi connectivity index (χ4v) is 1.70. The van der Waals surface area contributed by atoms with E-state index in [4.69, 9.17) is 15.9 Å². The second-order valence-corrected chi connectivity index (χ2v) is 4.62. The first-order valence-electron chi connectivity index (χ1n) is 5.40. The number of amidine groups is 1. The Bertz CT molecular complexity index is 451. The number of unbranched alkanes of at least 4 members (excludes halogenated alkanes) is 1. The molecule has 3 N–H and O–H groups in total. The van der Waals surface area contributed by atoms with Crippen molar-refractivity contribution in [3.05, 3.63) is 32.8 Å². The Kier molecular flexibility index (Phi) is 5.57. The van der Waals surface area contributed by atoms with Gasteiger partial charge in [-0.3, -0.25) is 15.5 Å². The number of rotatable bonds is 7. The van der Waals surface area contributed by atoms with Crippen LogP contribution >= 0.6 is 15.9 Å². The number of halogens is 1. The van der Waals surface area contributed by atoms with Crippen molar-refractivity contribution >= 4 is 27.5 Å². The normalized spacial score (nSPS) is 10.1. The summed E-state index contributed by atoms with van der Waals surface area (Å²) >= 11 is 3.18. The van der Waals surface area contributed by atoms with E-state index in [-0.39, 0.29) is 17.3 Å². The third-order valence-electron chi connectivity index (χ3n) is 2.22. The monoisotopic (exact) mass is 315 g/mol. The molecule has 0 unspecified atom stereocenters. The Labute approximate surface area is 113 Å². The minimum atomic E-state index is -0.477. The summed E-state index contributed by atoms with van der Waals surface area (Å²) in [6, 6.07) is 4.66. The average molecular weight is 316 g/mol. The van der Waals surface area contributed by atoms with Gasteiger partial charge in [0.15, 0.2) is 5.75 Å². The van der Waals surface area contributed by atoms with E-state index in [1.807, 2.05) is 0 Å². The Morgan fingerprint density at radius 1 is 1.50 bits per heavy atom. The summed E-state index contributed by atoms with van der Waals surface area (Å²) in [4.78, 5) is 10.3. The lowest BCUT2D eigenvalue weighted by molar-refractivity contribution is -0.385. The van der Waals surface area contributed by atoms with Crippen molar-refractivity contribution in [2.75, 3.05) is 6.61 Å². The summed E-state index contributed by atoms with van der Waals surface area (Å²) in [5.41, 5.74) is 5.15. The second kappa shape index (κ2) is 6.95. The van der Waals surface area contributed by atoms with Crippen molar-refractivity contribution < 1.29 is 9.66 Å². The molecule has 0 saturated carbocycles. The molecule has 0 saturated heterocycles. The smallest absolute Gasteiger partial charge is 0.312 e. The lowest BCUT2D eigenvalue weighted by Gasteiger charge is -2.06. The van der Waals surface area contributed by atoms with E-state index >= 15 is 0 Å². The second-order valence-electron chi connectivity index (χ2n) is 3.70. The summed E-state index contributed by atoms with van der Waals surface area (Å²) < 4.78 is 6.00. The Balaban J connectivity index is 2.51. The van der Waals surface area contributed by atoms with Crippen molar-refractivity contribution in [1.82, 2.24) is 0 Å². The fourth-order valence-electron chi connectivity index (χ4n) is 1.35. The predicted octanol–water partition coefficient (Wildman–Crippen LogP) is 2.84. The van der Waals surface area contributed by atoms with Gasteiger partial charge in [0.25, 0.3) is 0 Å². The van der Waals surface area contributed by atoms with Crippen LogP contribution < -0.4 is 10.5 Å². The van der Waals surface area contributed by atoms with Gasteiger partial charge in [0.2, 0.25) is 0 Å². The van der Waals surface area contributed by atoms with Crippen LogP contribution in [0.5, 0.6) is 5.75 Å². The number of nitro groups is 1. The Hall–Kier alpha value is -1.63. The number of ether oxygens (including phenoxy) is 1. The molecule has 0 aromatic heterocycles. The quantitative estimate of drug-likeness (QED) is 0.265. The van der Waals surface area contributed by atoms with Crippen LogP contribution in [0.25, 0.3) is 0 Å². The van der Waals surface area contributed by atoms with Gasteiger partial charge >= 0.3 is 5.69 Å². The van der Waals surface area contributed by atoms with Crippen molar-refractivity contribution in [3.63, 3.8) is 0 Å². The maximum absolute atomic E-state index is 10.8. The van der Waals surface area contributed by atoms with E-state index < -0.39 is 4.92 Å². The van der Waals surface area contributed by atoms with Crippen LogP contribution in [0, 0.1) is 15.5 Å². The molecule has 0 spiro atoms. The highest BCUT2D eigenvalue weighted by atomic mass is 79.9. The first-order chi connectivity index (χ1) is 8.50. The molecule has 0 aliphatic rings. The zero-order chi connectivity index (χ0) is 13.5. The molecular weight excluding hydrogens is 302 g/mol. The van der Waals surface area contributed by atoms with E-state index in [0.717, 1.165) is 6.42 Å². The highest BCUT2D eigenvalue weighted by molar-refractivity contribution is 9.10. The van der Waals surface area contributed by atoms with Gasteiger partial charge in [-0.15, -0.1) is 0 Å². The number of hydrogen-bond acceptors (Lipinski definition) is 4. The zero-order valence-electron chi connectivity index (χ0n) is 9.69. The summed E-state index contributed by atoms with van der Waals surface area (Å²) in [5, 5.41) is 17.9. The van der Waals surface area contributed by atoms with E-state index in [0.29, 0.717) is 23.9 Å².